The summed E-state index contributed by atoms with van der Waals surface area (Å²) in [5.41, 5.74) is 12.0. The smallest absolute Gasteiger partial charge is 0.244 e. The summed E-state index contributed by atoms with van der Waals surface area (Å²) in [6.07, 6.45) is 0.0788. The zero-order chi connectivity index (χ0) is 25.9. The minimum Gasteiger partial charge on any atom is -0.491 e. The molecule has 1 aliphatic rings. The SMILES string of the molecule is Cc1ccccc1COc1cccc([C@@H]2C(C#N)=C(N)Oc3n[nH]c(-c4ccc(OC(C)C)cc4)c32)c1. The molecular weight excluding hydrogens is 464 g/mol. The number of nitrogens with zero attached hydrogens (tertiary/aromatic N) is 2. The number of aryl methyl sites for hydroxylation is 1. The standard InChI is InChI=1S/C30H28N4O3/c1-18(2)36-23-13-11-20(12-14-23)28-27-26(25(16-31)29(32)37-30(27)34-33-28)21-9-6-10-24(15-21)35-17-22-8-5-4-7-19(22)3/h4-15,18,26H,17,32H2,1-3H3,(H,33,34)/t26-/m1/s1. The molecule has 1 aromatic heterocycles. The van der Waals surface area contributed by atoms with Gasteiger partial charge in [0.15, 0.2) is 0 Å². The molecule has 0 fully saturated rings. The predicted octanol–water partition coefficient (Wildman–Crippen LogP) is 5.97. The summed E-state index contributed by atoms with van der Waals surface area (Å²) in [5.74, 6) is 1.40. The first kappa shape index (κ1) is 24.0. The summed E-state index contributed by atoms with van der Waals surface area (Å²) in [6, 6.07) is 25.8. The van der Waals surface area contributed by atoms with Crippen LogP contribution in [0.15, 0.2) is 84.3 Å². The molecule has 186 valence electrons. The van der Waals surface area contributed by atoms with Crippen LogP contribution in [-0.2, 0) is 6.61 Å². The van der Waals surface area contributed by atoms with Crippen molar-refractivity contribution in [2.24, 2.45) is 5.73 Å². The van der Waals surface area contributed by atoms with Gasteiger partial charge in [0.2, 0.25) is 11.8 Å². The van der Waals surface area contributed by atoms with Crippen LogP contribution in [0.3, 0.4) is 0 Å². The Morgan fingerprint density at radius 1 is 1.05 bits per heavy atom. The topological polar surface area (TPSA) is 106 Å². The molecule has 1 aliphatic heterocycles. The lowest BCUT2D eigenvalue weighted by Crippen LogP contribution is -2.21. The number of nitrogens with one attached hydrogen (secondary N) is 1. The van der Waals surface area contributed by atoms with Gasteiger partial charge in [0.1, 0.15) is 29.7 Å². The van der Waals surface area contributed by atoms with Crippen molar-refractivity contribution in [3.8, 4) is 34.7 Å². The van der Waals surface area contributed by atoms with Crippen LogP contribution in [0.5, 0.6) is 17.4 Å². The average molecular weight is 493 g/mol. The van der Waals surface area contributed by atoms with E-state index in [-0.39, 0.29) is 12.0 Å². The molecule has 3 aromatic carbocycles. The van der Waals surface area contributed by atoms with Crippen LogP contribution < -0.4 is 19.9 Å². The van der Waals surface area contributed by atoms with Crippen molar-refractivity contribution in [2.45, 2.75) is 39.4 Å². The molecule has 5 rings (SSSR count). The van der Waals surface area contributed by atoms with E-state index < -0.39 is 5.92 Å². The summed E-state index contributed by atoms with van der Waals surface area (Å²) >= 11 is 0. The lowest BCUT2D eigenvalue weighted by molar-refractivity contribution is 0.242. The van der Waals surface area contributed by atoms with Crippen LogP contribution in [0.1, 0.15) is 42.0 Å². The largest absolute Gasteiger partial charge is 0.491 e. The molecule has 0 amide bonds. The molecule has 7 heteroatoms. The van der Waals surface area contributed by atoms with E-state index in [1.807, 2.05) is 74.5 Å². The third-order valence-corrected chi connectivity index (χ3v) is 6.30. The van der Waals surface area contributed by atoms with Gasteiger partial charge < -0.3 is 19.9 Å². The molecule has 1 atom stereocenters. The van der Waals surface area contributed by atoms with Crippen LogP contribution in [0.2, 0.25) is 0 Å². The van der Waals surface area contributed by atoms with E-state index in [9.17, 15) is 5.26 Å². The van der Waals surface area contributed by atoms with E-state index in [0.29, 0.717) is 23.8 Å². The number of hydrogen-bond donors (Lipinski definition) is 2. The van der Waals surface area contributed by atoms with Crippen LogP contribution >= 0.6 is 0 Å². The Kier molecular flexibility index (Phi) is 6.57. The highest BCUT2D eigenvalue weighted by Crippen LogP contribution is 2.46. The molecule has 0 aliphatic carbocycles. The highest BCUT2D eigenvalue weighted by molar-refractivity contribution is 5.71. The summed E-state index contributed by atoms with van der Waals surface area (Å²) in [4.78, 5) is 0. The molecular formula is C30H28N4O3. The first-order valence-electron chi connectivity index (χ1n) is 12.1. The number of ether oxygens (including phenoxy) is 3. The van der Waals surface area contributed by atoms with E-state index in [1.165, 1.54) is 5.56 Å². The lowest BCUT2D eigenvalue weighted by Gasteiger charge is -2.24. The van der Waals surface area contributed by atoms with Gasteiger partial charge in [-0.3, -0.25) is 5.10 Å². The molecule has 4 aromatic rings. The number of H-pyrrole nitrogens is 1. The van der Waals surface area contributed by atoms with Gasteiger partial charge in [0, 0.05) is 5.56 Å². The number of hydrogen-bond acceptors (Lipinski definition) is 6. The van der Waals surface area contributed by atoms with Crippen molar-refractivity contribution in [3.63, 3.8) is 0 Å². The summed E-state index contributed by atoms with van der Waals surface area (Å²) in [5, 5.41) is 17.5. The summed E-state index contributed by atoms with van der Waals surface area (Å²) in [6.45, 7) is 6.48. The van der Waals surface area contributed by atoms with Gasteiger partial charge in [-0.05, 0) is 73.9 Å². The molecule has 2 heterocycles. The van der Waals surface area contributed by atoms with E-state index in [2.05, 4.69) is 35.3 Å². The average Bonchev–Trinajstić information content (AvgIpc) is 3.31. The van der Waals surface area contributed by atoms with Gasteiger partial charge in [-0.1, -0.05) is 36.4 Å². The number of nitrogens with two attached hydrogens (primary N) is 1. The van der Waals surface area contributed by atoms with Crippen molar-refractivity contribution in [3.05, 3.63) is 107 Å². The summed E-state index contributed by atoms with van der Waals surface area (Å²) in [7, 11) is 0. The molecule has 0 radical (unpaired) electrons. The van der Waals surface area contributed by atoms with Crippen LogP contribution in [-0.4, -0.2) is 16.3 Å². The van der Waals surface area contributed by atoms with E-state index in [0.717, 1.165) is 33.7 Å². The highest BCUT2D eigenvalue weighted by atomic mass is 16.5. The Morgan fingerprint density at radius 2 is 1.84 bits per heavy atom. The molecule has 7 nitrogen and oxygen atoms in total. The van der Waals surface area contributed by atoms with Gasteiger partial charge in [0.05, 0.1) is 23.3 Å². The van der Waals surface area contributed by atoms with E-state index in [1.54, 1.807) is 0 Å². The number of allylic oxidation sites excluding steroid dienone is 1. The zero-order valence-electron chi connectivity index (χ0n) is 21.0. The zero-order valence-corrected chi connectivity index (χ0v) is 21.0. The van der Waals surface area contributed by atoms with E-state index >= 15 is 0 Å². The van der Waals surface area contributed by atoms with Crippen molar-refractivity contribution in [1.82, 2.24) is 10.2 Å². The van der Waals surface area contributed by atoms with Gasteiger partial charge in [-0.25, -0.2) is 0 Å². The quantitative estimate of drug-likeness (QED) is 0.329. The predicted molar refractivity (Wildman–Crippen MR) is 141 cm³/mol. The maximum absolute atomic E-state index is 10.0. The Hall–Kier alpha value is -4.70. The van der Waals surface area contributed by atoms with Gasteiger partial charge in [-0.15, -0.1) is 5.10 Å². The fourth-order valence-corrected chi connectivity index (χ4v) is 4.49. The van der Waals surface area contributed by atoms with Crippen LogP contribution in [0.25, 0.3) is 11.3 Å². The molecule has 37 heavy (non-hydrogen) atoms. The van der Waals surface area contributed by atoms with Gasteiger partial charge in [0.25, 0.3) is 0 Å². The second-order valence-corrected chi connectivity index (χ2v) is 9.22. The molecule has 0 spiro atoms. The molecule has 3 N–H and O–H groups in total. The monoisotopic (exact) mass is 492 g/mol. The molecule has 0 bridgehead atoms. The number of benzene rings is 3. The van der Waals surface area contributed by atoms with Crippen LogP contribution in [0.4, 0.5) is 0 Å². The molecule has 0 saturated heterocycles. The third kappa shape index (κ3) is 4.87. The summed E-state index contributed by atoms with van der Waals surface area (Å²) < 4.78 is 17.7. The lowest BCUT2D eigenvalue weighted by atomic mass is 9.83. The maximum Gasteiger partial charge on any atom is 0.244 e. The van der Waals surface area contributed by atoms with E-state index in [4.69, 9.17) is 19.9 Å². The fourth-order valence-electron chi connectivity index (χ4n) is 4.49. The Bertz CT molecular complexity index is 1500. The minimum absolute atomic E-state index is 0.0463. The second-order valence-electron chi connectivity index (χ2n) is 9.22. The fraction of sp³-hybridized carbons (Fsp3) is 0.200. The van der Waals surface area contributed by atoms with Gasteiger partial charge in [-0.2, -0.15) is 5.26 Å². The third-order valence-electron chi connectivity index (χ3n) is 6.30. The maximum atomic E-state index is 10.0. The molecule has 0 unspecified atom stereocenters. The van der Waals surface area contributed by atoms with Gasteiger partial charge >= 0.3 is 0 Å². The highest BCUT2D eigenvalue weighted by Gasteiger charge is 2.35. The Balaban J connectivity index is 1.51. The molecule has 0 saturated carbocycles. The minimum atomic E-state index is -0.476. The van der Waals surface area contributed by atoms with Crippen molar-refractivity contribution >= 4 is 0 Å². The Morgan fingerprint density at radius 3 is 2.57 bits per heavy atom. The first-order valence-corrected chi connectivity index (χ1v) is 12.1. The number of fused-ring (bicyclic) bond motifs is 1. The van der Waals surface area contributed by atoms with Crippen molar-refractivity contribution in [1.29, 1.82) is 5.26 Å². The normalized spacial score (nSPS) is 14.6. The number of aromatic amines is 1. The van der Waals surface area contributed by atoms with Crippen LogP contribution in [0, 0.1) is 18.3 Å². The van der Waals surface area contributed by atoms with Crippen molar-refractivity contribution < 1.29 is 14.2 Å². The number of nitriles is 1. The number of aromatic nitrogens is 2. The van der Waals surface area contributed by atoms with Crippen molar-refractivity contribution in [2.75, 3.05) is 0 Å². The second kappa shape index (κ2) is 10.1. The first-order chi connectivity index (χ1) is 17.9. The number of rotatable bonds is 7. The Labute approximate surface area is 216 Å².